The Labute approximate surface area is 125 Å². The number of methoxy groups -OCH3 is 1. The zero-order valence-electron chi connectivity index (χ0n) is 11.2. The molecular weight excluding hydrogens is 327 g/mol. The number of hydrogen-bond donors (Lipinski definition) is 2. The highest BCUT2D eigenvalue weighted by atomic mass is 79.9. The lowest BCUT2D eigenvalue weighted by atomic mass is 10.0. The second kappa shape index (κ2) is 6.34. The molecule has 0 aliphatic carbocycles. The van der Waals surface area contributed by atoms with Crippen molar-refractivity contribution in [1.29, 1.82) is 0 Å². The standard InChI is InChI=1S/C13H16BrFN4O/c1-3-19-13(10(14)7-17-19)12(18-16)9-5-4-8(20-2)6-11(9)15/h4-7,12,18H,3,16H2,1-2H3. The van der Waals surface area contributed by atoms with Crippen LogP contribution in [0.5, 0.6) is 5.75 Å². The smallest absolute Gasteiger partial charge is 0.132 e. The number of hydrazine groups is 1. The van der Waals surface area contributed by atoms with E-state index in [0.29, 0.717) is 17.9 Å². The second-order valence-corrected chi connectivity index (χ2v) is 5.03. The van der Waals surface area contributed by atoms with Crippen molar-refractivity contribution in [3.63, 3.8) is 0 Å². The van der Waals surface area contributed by atoms with Gasteiger partial charge in [0.2, 0.25) is 0 Å². The largest absolute Gasteiger partial charge is 0.497 e. The Hall–Kier alpha value is -1.44. The molecule has 108 valence electrons. The zero-order chi connectivity index (χ0) is 14.7. The molecule has 3 N–H and O–H groups in total. The van der Waals surface area contributed by atoms with Crippen LogP contribution in [0.2, 0.25) is 0 Å². The van der Waals surface area contributed by atoms with Crippen LogP contribution in [0.25, 0.3) is 0 Å². The number of benzene rings is 1. The maximum atomic E-state index is 14.2. The SMILES string of the molecule is CCn1ncc(Br)c1C(NN)c1ccc(OC)cc1F. The molecule has 7 heteroatoms. The molecule has 5 nitrogen and oxygen atoms in total. The van der Waals surface area contributed by atoms with Crippen molar-refractivity contribution in [2.24, 2.45) is 5.84 Å². The van der Waals surface area contributed by atoms with Crippen LogP contribution >= 0.6 is 15.9 Å². The summed E-state index contributed by atoms with van der Waals surface area (Å²) in [6.07, 6.45) is 1.67. The number of nitrogens with two attached hydrogens (primary N) is 1. The van der Waals surface area contributed by atoms with Gasteiger partial charge in [-0.2, -0.15) is 5.10 Å². The minimum Gasteiger partial charge on any atom is -0.497 e. The zero-order valence-corrected chi connectivity index (χ0v) is 12.8. The number of aryl methyl sites for hydroxylation is 1. The van der Waals surface area contributed by atoms with Crippen LogP contribution in [0.4, 0.5) is 4.39 Å². The first-order valence-electron chi connectivity index (χ1n) is 6.13. The molecule has 0 saturated heterocycles. The molecule has 20 heavy (non-hydrogen) atoms. The molecule has 1 unspecified atom stereocenters. The highest BCUT2D eigenvalue weighted by molar-refractivity contribution is 9.10. The maximum absolute atomic E-state index is 14.2. The van der Waals surface area contributed by atoms with E-state index in [4.69, 9.17) is 10.6 Å². The van der Waals surface area contributed by atoms with Gasteiger partial charge in [0.05, 0.1) is 29.5 Å². The van der Waals surface area contributed by atoms with E-state index < -0.39 is 6.04 Å². The fraction of sp³-hybridized carbons (Fsp3) is 0.308. The molecule has 2 aromatic rings. The van der Waals surface area contributed by atoms with Crippen LogP contribution in [-0.2, 0) is 6.54 Å². The molecule has 0 bridgehead atoms. The second-order valence-electron chi connectivity index (χ2n) is 4.18. The Morgan fingerprint density at radius 1 is 1.55 bits per heavy atom. The predicted octanol–water partition coefficient (Wildman–Crippen LogP) is 2.37. The van der Waals surface area contributed by atoms with E-state index in [-0.39, 0.29) is 5.82 Å². The Kier molecular flexibility index (Phi) is 4.74. The van der Waals surface area contributed by atoms with E-state index in [1.54, 1.807) is 23.0 Å². The quantitative estimate of drug-likeness (QED) is 0.646. The summed E-state index contributed by atoms with van der Waals surface area (Å²) < 4.78 is 21.8. The van der Waals surface area contributed by atoms with Crippen molar-refractivity contribution < 1.29 is 9.13 Å². The molecule has 0 saturated carbocycles. The van der Waals surface area contributed by atoms with E-state index >= 15 is 0 Å². The number of hydrogen-bond acceptors (Lipinski definition) is 4. The van der Waals surface area contributed by atoms with Crippen molar-refractivity contribution >= 4 is 15.9 Å². The first kappa shape index (κ1) is 15.0. The van der Waals surface area contributed by atoms with Crippen LogP contribution < -0.4 is 16.0 Å². The van der Waals surface area contributed by atoms with Gasteiger partial charge in [-0.25, -0.2) is 9.82 Å². The molecule has 2 rings (SSSR count). The number of ether oxygens (including phenoxy) is 1. The molecule has 0 spiro atoms. The van der Waals surface area contributed by atoms with E-state index in [1.807, 2.05) is 6.92 Å². The van der Waals surface area contributed by atoms with Crippen molar-refractivity contribution in [1.82, 2.24) is 15.2 Å². The highest BCUT2D eigenvalue weighted by Crippen LogP contribution is 2.30. The van der Waals surface area contributed by atoms with E-state index in [2.05, 4.69) is 26.5 Å². The van der Waals surface area contributed by atoms with Crippen LogP contribution in [0, 0.1) is 5.82 Å². The fourth-order valence-electron chi connectivity index (χ4n) is 2.10. The summed E-state index contributed by atoms with van der Waals surface area (Å²) in [4.78, 5) is 0. The van der Waals surface area contributed by atoms with Gasteiger partial charge in [-0.15, -0.1) is 0 Å². The predicted molar refractivity (Wildman–Crippen MR) is 77.7 cm³/mol. The number of aromatic nitrogens is 2. The van der Waals surface area contributed by atoms with Gasteiger partial charge in [0, 0.05) is 18.2 Å². The molecule has 0 aliphatic rings. The van der Waals surface area contributed by atoms with E-state index in [0.717, 1.165) is 10.2 Å². The third kappa shape index (κ3) is 2.70. The first-order valence-corrected chi connectivity index (χ1v) is 6.92. The van der Waals surface area contributed by atoms with Crippen molar-refractivity contribution in [3.05, 3.63) is 45.9 Å². The first-order chi connectivity index (χ1) is 9.62. The van der Waals surface area contributed by atoms with Crippen LogP contribution in [0.3, 0.4) is 0 Å². The number of nitrogens with one attached hydrogen (secondary N) is 1. The Bertz CT molecular complexity index is 602. The topological polar surface area (TPSA) is 65.1 Å². The maximum Gasteiger partial charge on any atom is 0.132 e. The fourth-order valence-corrected chi connectivity index (χ4v) is 2.62. The summed E-state index contributed by atoms with van der Waals surface area (Å²) in [7, 11) is 1.50. The molecule has 0 radical (unpaired) electrons. The molecular formula is C13H16BrFN4O. The summed E-state index contributed by atoms with van der Waals surface area (Å²) in [5.41, 5.74) is 3.85. The van der Waals surface area contributed by atoms with Crippen molar-refractivity contribution in [3.8, 4) is 5.75 Å². The van der Waals surface area contributed by atoms with Gasteiger partial charge in [-0.05, 0) is 28.9 Å². The summed E-state index contributed by atoms with van der Waals surface area (Å²) >= 11 is 3.42. The Balaban J connectivity index is 2.49. The lowest BCUT2D eigenvalue weighted by Crippen LogP contribution is -2.31. The lowest BCUT2D eigenvalue weighted by Gasteiger charge is -2.19. The van der Waals surface area contributed by atoms with Gasteiger partial charge in [0.1, 0.15) is 11.6 Å². The van der Waals surface area contributed by atoms with Crippen LogP contribution in [-0.4, -0.2) is 16.9 Å². The summed E-state index contributed by atoms with van der Waals surface area (Å²) in [6.45, 7) is 2.62. The average molecular weight is 343 g/mol. The third-order valence-electron chi connectivity index (χ3n) is 3.09. The normalized spacial score (nSPS) is 12.4. The molecule has 0 aliphatic heterocycles. The lowest BCUT2D eigenvalue weighted by molar-refractivity contribution is 0.409. The molecule has 0 fully saturated rings. The molecule has 0 amide bonds. The van der Waals surface area contributed by atoms with Gasteiger partial charge in [0.25, 0.3) is 0 Å². The van der Waals surface area contributed by atoms with Crippen molar-refractivity contribution in [2.45, 2.75) is 19.5 Å². The number of nitrogens with zero attached hydrogens (tertiary/aromatic N) is 2. The summed E-state index contributed by atoms with van der Waals surface area (Å²) in [5.74, 6) is 5.70. The van der Waals surface area contributed by atoms with Crippen LogP contribution in [0.15, 0.2) is 28.9 Å². The third-order valence-corrected chi connectivity index (χ3v) is 3.70. The van der Waals surface area contributed by atoms with Gasteiger partial charge in [-0.3, -0.25) is 10.5 Å². The van der Waals surface area contributed by atoms with Crippen LogP contribution in [0.1, 0.15) is 24.2 Å². The van der Waals surface area contributed by atoms with E-state index in [1.165, 1.54) is 13.2 Å². The van der Waals surface area contributed by atoms with Gasteiger partial charge < -0.3 is 4.74 Å². The summed E-state index contributed by atoms with van der Waals surface area (Å²) in [6, 6.07) is 4.18. The van der Waals surface area contributed by atoms with E-state index in [9.17, 15) is 4.39 Å². The number of halogens is 2. The van der Waals surface area contributed by atoms with Gasteiger partial charge in [0.15, 0.2) is 0 Å². The van der Waals surface area contributed by atoms with Gasteiger partial charge >= 0.3 is 0 Å². The average Bonchev–Trinajstić information content (AvgIpc) is 2.82. The molecule has 1 aromatic carbocycles. The Morgan fingerprint density at radius 2 is 2.30 bits per heavy atom. The van der Waals surface area contributed by atoms with Gasteiger partial charge in [-0.1, -0.05) is 6.07 Å². The minimum absolute atomic E-state index is 0.386. The summed E-state index contributed by atoms with van der Waals surface area (Å²) in [5, 5.41) is 4.22. The molecule has 1 aromatic heterocycles. The monoisotopic (exact) mass is 342 g/mol. The highest BCUT2D eigenvalue weighted by Gasteiger charge is 2.23. The number of rotatable bonds is 5. The molecule has 1 atom stereocenters. The minimum atomic E-state index is -0.502. The molecule has 1 heterocycles. The van der Waals surface area contributed by atoms with Crippen molar-refractivity contribution in [2.75, 3.05) is 7.11 Å². The Morgan fingerprint density at radius 3 is 2.85 bits per heavy atom.